The molecule has 1 aliphatic heterocycles. The Kier molecular flexibility index (Phi) is 5.28. The Labute approximate surface area is 143 Å². The molecule has 0 saturated carbocycles. The zero-order valence-corrected chi connectivity index (χ0v) is 14.0. The van der Waals surface area contributed by atoms with Gasteiger partial charge in [-0.2, -0.15) is 0 Å². The molecule has 2 atom stereocenters. The monoisotopic (exact) mass is 324 g/mol. The molecule has 2 N–H and O–H groups in total. The summed E-state index contributed by atoms with van der Waals surface area (Å²) in [5, 5.41) is 13.2. The van der Waals surface area contributed by atoms with Crippen molar-refractivity contribution in [2.24, 2.45) is 0 Å². The number of aliphatic hydroxyl groups is 1. The summed E-state index contributed by atoms with van der Waals surface area (Å²) in [5.41, 5.74) is 3.14. The van der Waals surface area contributed by atoms with Crippen LogP contribution in [0.3, 0.4) is 0 Å². The van der Waals surface area contributed by atoms with Crippen LogP contribution >= 0.6 is 0 Å². The van der Waals surface area contributed by atoms with Gasteiger partial charge in [-0.3, -0.25) is 4.79 Å². The van der Waals surface area contributed by atoms with Crippen molar-refractivity contribution in [3.05, 3.63) is 65.7 Å². The third-order valence-corrected chi connectivity index (χ3v) is 4.59. The van der Waals surface area contributed by atoms with Crippen molar-refractivity contribution in [3.8, 4) is 0 Å². The smallest absolute Gasteiger partial charge is 0.227 e. The highest BCUT2D eigenvalue weighted by molar-refractivity contribution is 5.95. The second kappa shape index (κ2) is 7.60. The summed E-state index contributed by atoms with van der Waals surface area (Å²) in [7, 11) is 0. The highest BCUT2D eigenvalue weighted by atomic mass is 16.3. The van der Waals surface area contributed by atoms with E-state index in [1.54, 1.807) is 0 Å². The van der Waals surface area contributed by atoms with Gasteiger partial charge < -0.3 is 15.3 Å². The average molecular weight is 324 g/mol. The Morgan fingerprint density at radius 3 is 2.54 bits per heavy atom. The van der Waals surface area contributed by atoms with E-state index in [1.165, 1.54) is 0 Å². The Bertz CT molecular complexity index is 687. The second-order valence-electron chi connectivity index (χ2n) is 6.28. The van der Waals surface area contributed by atoms with E-state index >= 15 is 0 Å². The summed E-state index contributed by atoms with van der Waals surface area (Å²) in [5.74, 6) is 0.199. The van der Waals surface area contributed by atoms with Crippen molar-refractivity contribution in [2.45, 2.75) is 31.8 Å². The third-order valence-electron chi connectivity index (χ3n) is 4.59. The molecule has 1 heterocycles. The highest BCUT2D eigenvalue weighted by Crippen LogP contribution is 2.26. The molecule has 2 aromatic carbocycles. The van der Waals surface area contributed by atoms with E-state index in [0.29, 0.717) is 6.42 Å². The maximum Gasteiger partial charge on any atom is 0.227 e. The number of carbonyl (C=O) groups is 1. The lowest BCUT2D eigenvalue weighted by Gasteiger charge is -2.24. The Hall–Kier alpha value is -2.17. The van der Waals surface area contributed by atoms with Gasteiger partial charge in [0.05, 0.1) is 12.6 Å². The molecule has 0 spiro atoms. The van der Waals surface area contributed by atoms with E-state index in [9.17, 15) is 9.90 Å². The number of nitrogens with zero attached hydrogens (tertiary/aromatic N) is 1. The summed E-state index contributed by atoms with van der Waals surface area (Å²) >= 11 is 0. The van der Waals surface area contributed by atoms with Gasteiger partial charge in [0, 0.05) is 24.7 Å². The molecule has 1 aliphatic rings. The minimum Gasteiger partial charge on any atom is -0.394 e. The maximum atomic E-state index is 11.9. The average Bonchev–Trinajstić information content (AvgIpc) is 3.06. The summed E-state index contributed by atoms with van der Waals surface area (Å²) in [6.45, 7) is 2.92. The molecule has 0 aliphatic carbocycles. The van der Waals surface area contributed by atoms with Crippen LogP contribution in [0.5, 0.6) is 0 Å². The topological polar surface area (TPSA) is 52.6 Å². The van der Waals surface area contributed by atoms with E-state index in [-0.39, 0.29) is 24.6 Å². The van der Waals surface area contributed by atoms with Crippen LogP contribution in [-0.4, -0.2) is 24.2 Å². The van der Waals surface area contributed by atoms with E-state index in [2.05, 4.69) is 24.4 Å². The molecule has 24 heavy (non-hydrogen) atoms. The second-order valence-corrected chi connectivity index (χ2v) is 6.28. The van der Waals surface area contributed by atoms with Gasteiger partial charge in [0.1, 0.15) is 0 Å². The van der Waals surface area contributed by atoms with Gasteiger partial charge >= 0.3 is 0 Å². The molecule has 0 radical (unpaired) electrons. The van der Waals surface area contributed by atoms with Crippen molar-refractivity contribution in [1.82, 2.24) is 5.32 Å². The summed E-state index contributed by atoms with van der Waals surface area (Å²) in [4.78, 5) is 13.8. The quantitative estimate of drug-likeness (QED) is 0.858. The lowest BCUT2D eigenvalue weighted by Crippen LogP contribution is -2.28. The molecule has 2 aromatic rings. The fraction of sp³-hybridized carbons (Fsp3) is 0.350. The zero-order chi connectivity index (χ0) is 16.9. The van der Waals surface area contributed by atoms with Gasteiger partial charge in [-0.1, -0.05) is 42.5 Å². The van der Waals surface area contributed by atoms with Crippen LogP contribution < -0.4 is 10.2 Å². The lowest BCUT2D eigenvalue weighted by atomic mass is 10.0. The van der Waals surface area contributed by atoms with E-state index in [0.717, 1.165) is 29.8 Å². The van der Waals surface area contributed by atoms with Crippen LogP contribution in [0.2, 0.25) is 0 Å². The number of benzene rings is 2. The highest BCUT2D eigenvalue weighted by Gasteiger charge is 2.22. The fourth-order valence-electron chi connectivity index (χ4n) is 3.22. The zero-order valence-electron chi connectivity index (χ0n) is 14.0. The maximum absolute atomic E-state index is 11.9. The number of amides is 1. The van der Waals surface area contributed by atoms with Gasteiger partial charge in [-0.05, 0) is 36.6 Å². The van der Waals surface area contributed by atoms with Crippen molar-refractivity contribution >= 4 is 11.6 Å². The first-order valence-electron chi connectivity index (χ1n) is 8.51. The SMILES string of the molecule is CC(NC(CO)c1ccccc1)c1cccc(N2CCCC2=O)c1. The number of hydrogen-bond donors (Lipinski definition) is 2. The molecule has 1 saturated heterocycles. The third kappa shape index (κ3) is 3.66. The molecule has 1 fully saturated rings. The van der Waals surface area contributed by atoms with Gasteiger partial charge in [-0.25, -0.2) is 0 Å². The van der Waals surface area contributed by atoms with Crippen LogP contribution in [0.4, 0.5) is 5.69 Å². The van der Waals surface area contributed by atoms with E-state index in [1.807, 2.05) is 47.4 Å². The molecule has 0 aromatic heterocycles. The van der Waals surface area contributed by atoms with Crippen molar-refractivity contribution in [3.63, 3.8) is 0 Å². The minimum atomic E-state index is -0.113. The predicted molar refractivity (Wildman–Crippen MR) is 95.8 cm³/mol. The largest absolute Gasteiger partial charge is 0.394 e. The lowest BCUT2D eigenvalue weighted by molar-refractivity contribution is -0.117. The Balaban J connectivity index is 1.75. The van der Waals surface area contributed by atoms with Crippen LogP contribution in [0.25, 0.3) is 0 Å². The first kappa shape index (κ1) is 16.7. The van der Waals surface area contributed by atoms with Crippen molar-refractivity contribution in [1.29, 1.82) is 0 Å². The number of anilines is 1. The Morgan fingerprint density at radius 2 is 1.88 bits per heavy atom. The predicted octanol–water partition coefficient (Wildman–Crippen LogP) is 3.20. The molecule has 4 nitrogen and oxygen atoms in total. The number of nitrogens with one attached hydrogen (secondary N) is 1. The number of hydrogen-bond acceptors (Lipinski definition) is 3. The first-order valence-corrected chi connectivity index (χ1v) is 8.51. The minimum absolute atomic E-state index is 0.0403. The van der Waals surface area contributed by atoms with Crippen LogP contribution in [-0.2, 0) is 4.79 Å². The van der Waals surface area contributed by atoms with Crippen molar-refractivity contribution < 1.29 is 9.90 Å². The van der Waals surface area contributed by atoms with E-state index < -0.39 is 0 Å². The molecular formula is C20H24N2O2. The van der Waals surface area contributed by atoms with Gasteiger partial charge in [0.15, 0.2) is 0 Å². The molecule has 4 heteroatoms. The first-order chi connectivity index (χ1) is 11.7. The summed E-state index contributed by atoms with van der Waals surface area (Å²) in [6.07, 6.45) is 1.57. The van der Waals surface area contributed by atoms with E-state index in [4.69, 9.17) is 0 Å². The van der Waals surface area contributed by atoms with Gasteiger partial charge in [0.25, 0.3) is 0 Å². The normalized spacial score (nSPS) is 17.1. The van der Waals surface area contributed by atoms with Crippen LogP contribution in [0, 0.1) is 0 Å². The van der Waals surface area contributed by atoms with Gasteiger partial charge in [0.2, 0.25) is 5.91 Å². The van der Waals surface area contributed by atoms with Crippen LogP contribution in [0.15, 0.2) is 54.6 Å². The fourth-order valence-corrected chi connectivity index (χ4v) is 3.22. The number of aliphatic hydroxyl groups excluding tert-OH is 1. The molecule has 1 amide bonds. The number of rotatable bonds is 6. The molecule has 3 rings (SSSR count). The Morgan fingerprint density at radius 1 is 1.12 bits per heavy atom. The van der Waals surface area contributed by atoms with Crippen molar-refractivity contribution in [2.75, 3.05) is 18.1 Å². The number of carbonyl (C=O) groups excluding carboxylic acids is 1. The molecule has 2 unspecified atom stereocenters. The van der Waals surface area contributed by atoms with Gasteiger partial charge in [-0.15, -0.1) is 0 Å². The van der Waals surface area contributed by atoms with Crippen LogP contribution in [0.1, 0.15) is 43.0 Å². The standard InChI is InChI=1S/C20H24N2O2/c1-15(21-19(14-23)16-7-3-2-4-8-16)17-9-5-10-18(13-17)22-12-6-11-20(22)24/h2-5,7-10,13,15,19,21,23H,6,11-12,14H2,1H3. The molecular weight excluding hydrogens is 300 g/mol. The summed E-state index contributed by atoms with van der Waals surface area (Å²) in [6, 6.07) is 18.0. The summed E-state index contributed by atoms with van der Waals surface area (Å²) < 4.78 is 0. The molecule has 0 bridgehead atoms. The molecule has 126 valence electrons.